The normalized spacial score (nSPS) is 16.8. The van der Waals surface area contributed by atoms with Crippen molar-refractivity contribution in [1.29, 1.82) is 0 Å². The second-order valence-electron chi connectivity index (χ2n) is 5.26. The lowest BCUT2D eigenvalue weighted by atomic mass is 10.2. The Morgan fingerprint density at radius 1 is 1.24 bits per heavy atom. The van der Waals surface area contributed by atoms with Crippen LogP contribution in [0, 0.1) is 0 Å². The summed E-state index contributed by atoms with van der Waals surface area (Å²) in [4.78, 5) is 15.3. The molecule has 1 N–H and O–H groups in total. The van der Waals surface area contributed by atoms with Crippen molar-refractivity contribution >= 4 is 23.9 Å². The zero-order chi connectivity index (χ0) is 14.9. The largest absolute Gasteiger partial charge is 0.294 e. The lowest BCUT2D eigenvalue weighted by Crippen LogP contribution is -2.35. The van der Waals surface area contributed by atoms with Crippen LogP contribution in [-0.2, 0) is 4.79 Å². The number of hydrazone groups is 1. The van der Waals surface area contributed by atoms with Crippen molar-refractivity contribution in [3.8, 4) is 0 Å². The molecule has 2 rings (SSSR count). The number of likely N-dealkylation sites (tertiary alicyclic amines) is 1. The van der Waals surface area contributed by atoms with Gasteiger partial charge in [-0.15, -0.1) is 11.8 Å². The molecule has 5 heteroatoms. The number of hydrogen-bond acceptors (Lipinski definition) is 4. The van der Waals surface area contributed by atoms with E-state index in [4.69, 9.17) is 0 Å². The van der Waals surface area contributed by atoms with Crippen molar-refractivity contribution in [3.05, 3.63) is 29.8 Å². The molecular formula is C16H23N3OS. The minimum atomic E-state index is -0.0334. The Bertz CT molecular complexity index is 465. The van der Waals surface area contributed by atoms with Crippen molar-refractivity contribution in [3.63, 3.8) is 0 Å². The molecular weight excluding hydrogens is 282 g/mol. The molecule has 1 saturated heterocycles. The summed E-state index contributed by atoms with van der Waals surface area (Å²) in [5.74, 6) is -0.0334. The summed E-state index contributed by atoms with van der Waals surface area (Å²) in [6, 6.07) is 8.09. The Hall–Kier alpha value is -1.33. The van der Waals surface area contributed by atoms with Gasteiger partial charge in [0.15, 0.2) is 0 Å². The predicted molar refractivity (Wildman–Crippen MR) is 88.9 cm³/mol. The number of hydrogen-bond donors (Lipinski definition) is 1. The summed E-state index contributed by atoms with van der Waals surface area (Å²) < 4.78 is 0. The van der Waals surface area contributed by atoms with Crippen LogP contribution in [0.2, 0.25) is 0 Å². The van der Waals surface area contributed by atoms with Crippen LogP contribution in [0.5, 0.6) is 0 Å². The Balaban J connectivity index is 1.75. The second-order valence-corrected chi connectivity index (χ2v) is 6.14. The van der Waals surface area contributed by atoms with Crippen molar-refractivity contribution < 1.29 is 4.79 Å². The van der Waals surface area contributed by atoms with Crippen molar-refractivity contribution in [2.45, 2.75) is 30.6 Å². The van der Waals surface area contributed by atoms with Crippen LogP contribution in [0.15, 0.2) is 34.3 Å². The van der Waals surface area contributed by atoms with Gasteiger partial charge in [0.2, 0.25) is 0 Å². The number of nitrogens with one attached hydrogen (secondary N) is 1. The van der Waals surface area contributed by atoms with Gasteiger partial charge in [0.25, 0.3) is 5.91 Å². The Morgan fingerprint density at radius 3 is 2.52 bits per heavy atom. The van der Waals surface area contributed by atoms with Crippen LogP contribution >= 0.6 is 11.8 Å². The molecule has 1 aliphatic rings. The van der Waals surface area contributed by atoms with Gasteiger partial charge in [-0.3, -0.25) is 9.69 Å². The number of thioether (sulfide) groups is 1. The fourth-order valence-electron chi connectivity index (χ4n) is 2.40. The van der Waals surface area contributed by atoms with Crippen LogP contribution in [0.3, 0.4) is 0 Å². The third-order valence-electron chi connectivity index (χ3n) is 3.58. The van der Waals surface area contributed by atoms with E-state index < -0.39 is 0 Å². The van der Waals surface area contributed by atoms with Gasteiger partial charge < -0.3 is 0 Å². The van der Waals surface area contributed by atoms with Crippen molar-refractivity contribution in [2.24, 2.45) is 5.10 Å². The summed E-state index contributed by atoms with van der Waals surface area (Å²) >= 11 is 1.71. The first-order chi connectivity index (χ1) is 10.3. The molecule has 0 saturated carbocycles. The SMILES string of the molecule is CSc1ccc(/C=N/NC(=O)CN2CCCCCC2)cc1. The average Bonchev–Trinajstić information content (AvgIpc) is 2.76. The lowest BCUT2D eigenvalue weighted by molar-refractivity contribution is -0.122. The number of rotatable bonds is 5. The zero-order valence-electron chi connectivity index (χ0n) is 12.5. The van der Waals surface area contributed by atoms with Gasteiger partial charge in [-0.2, -0.15) is 5.10 Å². The molecule has 0 radical (unpaired) electrons. The van der Waals surface area contributed by atoms with Crippen LogP contribution < -0.4 is 5.43 Å². The molecule has 1 fully saturated rings. The van der Waals surface area contributed by atoms with E-state index in [1.807, 2.05) is 30.5 Å². The summed E-state index contributed by atoms with van der Waals surface area (Å²) in [5.41, 5.74) is 3.60. The van der Waals surface area contributed by atoms with Crippen molar-refractivity contribution in [2.75, 3.05) is 25.9 Å². The van der Waals surface area contributed by atoms with E-state index in [-0.39, 0.29) is 5.91 Å². The highest BCUT2D eigenvalue weighted by Gasteiger charge is 2.12. The molecule has 1 aromatic rings. The van der Waals surface area contributed by atoms with Crippen LogP contribution in [-0.4, -0.2) is 42.9 Å². The Labute approximate surface area is 131 Å². The smallest absolute Gasteiger partial charge is 0.254 e. The Morgan fingerprint density at radius 2 is 1.90 bits per heavy atom. The quantitative estimate of drug-likeness (QED) is 0.517. The first-order valence-corrected chi connectivity index (χ1v) is 8.69. The minimum absolute atomic E-state index is 0.0334. The third kappa shape index (κ3) is 5.89. The molecule has 0 aromatic heterocycles. The van der Waals surface area contributed by atoms with E-state index >= 15 is 0 Å². The fourth-order valence-corrected chi connectivity index (χ4v) is 2.81. The monoisotopic (exact) mass is 305 g/mol. The van der Waals surface area contributed by atoms with Crippen molar-refractivity contribution in [1.82, 2.24) is 10.3 Å². The van der Waals surface area contributed by atoms with E-state index in [9.17, 15) is 4.79 Å². The molecule has 0 bridgehead atoms. The number of nitrogens with zero attached hydrogens (tertiary/aromatic N) is 2. The number of benzene rings is 1. The molecule has 1 amide bonds. The first-order valence-electron chi connectivity index (χ1n) is 7.46. The predicted octanol–water partition coefficient (Wildman–Crippen LogP) is 2.73. The molecule has 4 nitrogen and oxygen atoms in total. The molecule has 0 atom stereocenters. The summed E-state index contributed by atoms with van der Waals surface area (Å²) in [6.07, 6.45) is 8.68. The van der Waals surface area contributed by atoms with Crippen LogP contribution in [0.25, 0.3) is 0 Å². The standard InChI is InChI=1S/C16H23N3OS/c1-21-15-8-6-14(7-9-15)12-17-18-16(20)13-19-10-4-2-3-5-11-19/h6-9,12H,2-5,10-11,13H2,1H3,(H,18,20)/b17-12+. The molecule has 1 aliphatic heterocycles. The highest BCUT2D eigenvalue weighted by atomic mass is 32.2. The minimum Gasteiger partial charge on any atom is -0.294 e. The average molecular weight is 305 g/mol. The van der Waals surface area contributed by atoms with Crippen LogP contribution in [0.1, 0.15) is 31.2 Å². The van der Waals surface area contributed by atoms with Crippen LogP contribution in [0.4, 0.5) is 0 Å². The van der Waals surface area contributed by atoms with E-state index in [2.05, 4.69) is 15.4 Å². The zero-order valence-corrected chi connectivity index (χ0v) is 13.4. The molecule has 0 aliphatic carbocycles. The highest BCUT2D eigenvalue weighted by Crippen LogP contribution is 2.13. The number of carbonyl (C=O) groups is 1. The maximum absolute atomic E-state index is 11.8. The van der Waals surface area contributed by atoms with Gasteiger partial charge in [0.1, 0.15) is 0 Å². The Kier molecular flexibility index (Phi) is 6.76. The maximum Gasteiger partial charge on any atom is 0.254 e. The molecule has 0 unspecified atom stereocenters. The topological polar surface area (TPSA) is 44.7 Å². The van der Waals surface area contributed by atoms with E-state index in [1.165, 1.54) is 30.6 Å². The van der Waals surface area contributed by atoms with Gasteiger partial charge in [-0.1, -0.05) is 25.0 Å². The van der Waals surface area contributed by atoms with Gasteiger partial charge >= 0.3 is 0 Å². The second kappa shape index (κ2) is 8.85. The highest BCUT2D eigenvalue weighted by molar-refractivity contribution is 7.98. The molecule has 0 spiro atoms. The van der Waals surface area contributed by atoms with E-state index in [1.54, 1.807) is 18.0 Å². The number of amides is 1. The van der Waals surface area contributed by atoms with Gasteiger partial charge in [-0.05, 0) is 49.9 Å². The van der Waals surface area contributed by atoms with Gasteiger partial charge in [-0.25, -0.2) is 5.43 Å². The number of carbonyl (C=O) groups excluding carboxylic acids is 1. The lowest BCUT2D eigenvalue weighted by Gasteiger charge is -2.17. The van der Waals surface area contributed by atoms with E-state index in [0.717, 1.165) is 18.7 Å². The summed E-state index contributed by atoms with van der Waals surface area (Å²) in [6.45, 7) is 2.49. The molecule has 21 heavy (non-hydrogen) atoms. The third-order valence-corrected chi connectivity index (χ3v) is 4.33. The molecule has 114 valence electrons. The van der Waals surface area contributed by atoms with Gasteiger partial charge in [0, 0.05) is 4.90 Å². The summed E-state index contributed by atoms with van der Waals surface area (Å²) in [7, 11) is 0. The maximum atomic E-state index is 11.8. The molecule has 1 heterocycles. The fraction of sp³-hybridized carbons (Fsp3) is 0.500. The van der Waals surface area contributed by atoms with E-state index in [0.29, 0.717) is 6.54 Å². The first kappa shape index (κ1) is 16.0. The van der Waals surface area contributed by atoms with Gasteiger partial charge in [0.05, 0.1) is 12.8 Å². The summed E-state index contributed by atoms with van der Waals surface area (Å²) in [5, 5.41) is 4.03. The molecule has 1 aromatic carbocycles.